The van der Waals surface area contributed by atoms with Crippen LogP contribution in [0.5, 0.6) is 0 Å². The average molecular weight is 280 g/mol. The van der Waals surface area contributed by atoms with Crippen molar-refractivity contribution in [2.45, 2.75) is 19.8 Å². The zero-order valence-electron chi connectivity index (χ0n) is 12.0. The second-order valence-electron chi connectivity index (χ2n) is 4.84. The van der Waals surface area contributed by atoms with Crippen molar-refractivity contribution in [2.75, 3.05) is 38.2 Å². The van der Waals surface area contributed by atoms with Gasteiger partial charge in [0.1, 0.15) is 0 Å². The molecule has 3 N–H and O–H groups in total. The molecule has 1 aromatic carbocycles. The topological polar surface area (TPSA) is 72.8 Å². The fourth-order valence-corrected chi connectivity index (χ4v) is 1.90. The third-order valence-electron chi connectivity index (χ3n) is 2.97. The molecule has 1 rings (SSSR count). The fraction of sp³-hybridized carbons (Fsp3) is 0.533. The molecule has 112 valence electrons. The van der Waals surface area contributed by atoms with Gasteiger partial charge in [0.2, 0.25) is 5.91 Å². The summed E-state index contributed by atoms with van der Waals surface area (Å²) in [6.07, 6.45) is 1.26. The average Bonchev–Trinajstić information content (AvgIpc) is 2.44. The second-order valence-corrected chi connectivity index (χ2v) is 4.84. The van der Waals surface area contributed by atoms with Crippen LogP contribution in [0.1, 0.15) is 18.4 Å². The predicted molar refractivity (Wildman–Crippen MR) is 79.7 cm³/mol. The minimum atomic E-state index is -0.0790. The first-order chi connectivity index (χ1) is 9.65. The molecule has 0 aromatic heterocycles. The highest BCUT2D eigenvalue weighted by Crippen LogP contribution is 2.08. The highest BCUT2D eigenvalue weighted by Gasteiger charge is 2.10. The lowest BCUT2D eigenvalue weighted by Crippen LogP contribution is -2.35. The minimum absolute atomic E-state index is 0.0790. The van der Waals surface area contributed by atoms with Crippen molar-refractivity contribution in [3.8, 4) is 0 Å². The summed E-state index contributed by atoms with van der Waals surface area (Å²) >= 11 is 0. The lowest BCUT2D eigenvalue weighted by Gasteiger charge is -2.21. The van der Waals surface area contributed by atoms with Crippen LogP contribution < -0.4 is 5.32 Å². The van der Waals surface area contributed by atoms with Crippen molar-refractivity contribution in [3.05, 3.63) is 29.8 Å². The van der Waals surface area contributed by atoms with E-state index in [2.05, 4.69) is 5.32 Å². The first kappa shape index (κ1) is 16.6. The molecular formula is C15H24N2O3. The van der Waals surface area contributed by atoms with E-state index in [4.69, 9.17) is 10.2 Å². The number of hydrogen-bond acceptors (Lipinski definition) is 4. The van der Waals surface area contributed by atoms with Gasteiger partial charge in [-0.25, -0.2) is 0 Å². The SMILES string of the molecule is Cc1ccc(NC(=O)CN(CCCO)CCCO)cc1. The van der Waals surface area contributed by atoms with Gasteiger partial charge in [-0.2, -0.15) is 0 Å². The fourth-order valence-electron chi connectivity index (χ4n) is 1.90. The Bertz CT molecular complexity index is 385. The lowest BCUT2D eigenvalue weighted by molar-refractivity contribution is -0.117. The molecule has 0 unspecified atom stereocenters. The van der Waals surface area contributed by atoms with Crippen molar-refractivity contribution in [1.29, 1.82) is 0 Å². The molecule has 20 heavy (non-hydrogen) atoms. The maximum absolute atomic E-state index is 12.0. The second kappa shape index (κ2) is 9.47. The van der Waals surface area contributed by atoms with E-state index < -0.39 is 0 Å². The van der Waals surface area contributed by atoms with Crippen LogP contribution in [-0.4, -0.2) is 53.9 Å². The third kappa shape index (κ3) is 6.65. The first-order valence-electron chi connectivity index (χ1n) is 6.96. The normalized spacial score (nSPS) is 10.8. The Labute approximate surface area is 120 Å². The molecule has 0 saturated heterocycles. The van der Waals surface area contributed by atoms with Crippen molar-refractivity contribution >= 4 is 11.6 Å². The number of aliphatic hydroxyl groups is 2. The van der Waals surface area contributed by atoms with Crippen molar-refractivity contribution in [3.63, 3.8) is 0 Å². The van der Waals surface area contributed by atoms with Gasteiger partial charge in [0.15, 0.2) is 0 Å². The molecule has 0 saturated carbocycles. The number of anilines is 1. The van der Waals surface area contributed by atoms with Crippen LogP contribution >= 0.6 is 0 Å². The van der Waals surface area contributed by atoms with E-state index in [1.165, 1.54) is 0 Å². The van der Waals surface area contributed by atoms with E-state index in [-0.39, 0.29) is 25.7 Å². The van der Waals surface area contributed by atoms with E-state index in [9.17, 15) is 4.79 Å². The van der Waals surface area contributed by atoms with E-state index in [1.54, 1.807) is 0 Å². The van der Waals surface area contributed by atoms with Crippen molar-refractivity contribution < 1.29 is 15.0 Å². The summed E-state index contributed by atoms with van der Waals surface area (Å²) in [5.41, 5.74) is 1.93. The maximum atomic E-state index is 12.0. The third-order valence-corrected chi connectivity index (χ3v) is 2.97. The largest absolute Gasteiger partial charge is 0.396 e. The summed E-state index contributed by atoms with van der Waals surface area (Å²) in [6, 6.07) is 7.65. The van der Waals surface area contributed by atoms with Crippen LogP contribution in [0.4, 0.5) is 5.69 Å². The number of benzene rings is 1. The molecule has 0 fully saturated rings. The van der Waals surface area contributed by atoms with Crippen molar-refractivity contribution in [1.82, 2.24) is 4.90 Å². The Morgan fingerprint density at radius 2 is 1.65 bits per heavy atom. The molecule has 5 nitrogen and oxygen atoms in total. The number of hydrogen-bond donors (Lipinski definition) is 3. The van der Waals surface area contributed by atoms with Crippen molar-refractivity contribution in [2.24, 2.45) is 0 Å². The van der Waals surface area contributed by atoms with Gasteiger partial charge in [0.25, 0.3) is 0 Å². The maximum Gasteiger partial charge on any atom is 0.238 e. The molecule has 0 bridgehead atoms. The van der Waals surface area contributed by atoms with Crippen LogP contribution in [0.25, 0.3) is 0 Å². The minimum Gasteiger partial charge on any atom is -0.396 e. The van der Waals surface area contributed by atoms with Gasteiger partial charge in [-0.15, -0.1) is 0 Å². The Kier molecular flexibility index (Phi) is 7.87. The van der Waals surface area contributed by atoms with E-state index in [1.807, 2.05) is 36.1 Å². The van der Waals surface area contributed by atoms with Gasteiger partial charge in [-0.05, 0) is 31.9 Å². The summed E-state index contributed by atoms with van der Waals surface area (Å²) < 4.78 is 0. The van der Waals surface area contributed by atoms with Crippen LogP contribution in [-0.2, 0) is 4.79 Å². The van der Waals surface area contributed by atoms with Gasteiger partial charge in [0.05, 0.1) is 6.54 Å². The molecule has 0 heterocycles. The first-order valence-corrected chi connectivity index (χ1v) is 6.96. The van der Waals surface area contributed by atoms with E-state index in [0.717, 1.165) is 11.3 Å². The van der Waals surface area contributed by atoms with Gasteiger partial charge in [-0.1, -0.05) is 17.7 Å². The zero-order chi connectivity index (χ0) is 14.8. The number of rotatable bonds is 9. The number of carbonyl (C=O) groups is 1. The summed E-state index contributed by atoms with van der Waals surface area (Å²) in [5.74, 6) is -0.0790. The van der Waals surface area contributed by atoms with Crippen LogP contribution in [0.2, 0.25) is 0 Å². The standard InChI is InChI=1S/C15H24N2O3/c1-13-4-6-14(7-5-13)16-15(20)12-17(8-2-10-18)9-3-11-19/h4-7,18-19H,2-3,8-12H2,1H3,(H,16,20). The number of nitrogens with one attached hydrogen (secondary N) is 1. The Hall–Kier alpha value is -1.43. The molecule has 0 atom stereocenters. The monoisotopic (exact) mass is 280 g/mol. The smallest absolute Gasteiger partial charge is 0.238 e. The molecule has 1 amide bonds. The van der Waals surface area contributed by atoms with Crippen LogP contribution in [0.15, 0.2) is 24.3 Å². The summed E-state index contributed by atoms with van der Waals surface area (Å²) in [6.45, 7) is 3.78. The number of aliphatic hydroxyl groups excluding tert-OH is 2. The molecule has 1 aromatic rings. The van der Waals surface area contributed by atoms with Crippen LogP contribution in [0, 0.1) is 6.92 Å². The van der Waals surface area contributed by atoms with Gasteiger partial charge < -0.3 is 15.5 Å². The summed E-state index contributed by atoms with van der Waals surface area (Å²) in [7, 11) is 0. The lowest BCUT2D eigenvalue weighted by atomic mass is 10.2. The molecule has 0 aliphatic carbocycles. The highest BCUT2D eigenvalue weighted by molar-refractivity contribution is 5.92. The van der Waals surface area contributed by atoms with Gasteiger partial charge in [-0.3, -0.25) is 9.69 Å². The van der Waals surface area contributed by atoms with E-state index >= 15 is 0 Å². The molecule has 0 aliphatic heterocycles. The number of carbonyl (C=O) groups excluding carboxylic acids is 1. The quantitative estimate of drug-likeness (QED) is 0.631. The highest BCUT2D eigenvalue weighted by atomic mass is 16.3. The predicted octanol–water partition coefficient (Wildman–Crippen LogP) is 1.00. The number of aryl methyl sites for hydroxylation is 1. The van der Waals surface area contributed by atoms with Crippen LogP contribution in [0.3, 0.4) is 0 Å². The molecular weight excluding hydrogens is 256 g/mol. The molecule has 5 heteroatoms. The summed E-state index contributed by atoms with van der Waals surface area (Å²) in [4.78, 5) is 13.9. The number of amides is 1. The number of nitrogens with zero attached hydrogens (tertiary/aromatic N) is 1. The van der Waals surface area contributed by atoms with Gasteiger partial charge in [0, 0.05) is 32.0 Å². The molecule has 0 radical (unpaired) electrons. The Morgan fingerprint density at radius 1 is 1.10 bits per heavy atom. The Balaban J connectivity index is 2.45. The Morgan fingerprint density at radius 3 is 2.15 bits per heavy atom. The molecule has 0 spiro atoms. The van der Waals surface area contributed by atoms with E-state index in [0.29, 0.717) is 25.9 Å². The molecule has 0 aliphatic rings. The zero-order valence-corrected chi connectivity index (χ0v) is 12.0. The van der Waals surface area contributed by atoms with Gasteiger partial charge >= 0.3 is 0 Å². The summed E-state index contributed by atoms with van der Waals surface area (Å²) in [5, 5.41) is 20.6.